The molecule has 2 aliphatic heterocycles. The number of nitrogens with one attached hydrogen (secondary N) is 1. The van der Waals surface area contributed by atoms with Gasteiger partial charge in [0.05, 0.1) is 0 Å². The van der Waals surface area contributed by atoms with E-state index in [4.69, 9.17) is 0 Å². The maximum absolute atomic E-state index is 12.6. The number of rotatable bonds is 2. The first-order valence-corrected chi connectivity index (χ1v) is 9.50. The van der Waals surface area contributed by atoms with E-state index < -0.39 is 0 Å². The molecule has 1 aromatic heterocycles. The SMILES string of the molecule is CC(C)(C)NC(=O)N1CCCC2(CCC(=O)N(Cc3cccnc3)C2)C1. The van der Waals surface area contributed by atoms with Crippen LogP contribution in [0.3, 0.4) is 0 Å². The Kier molecular flexibility index (Phi) is 5.21. The summed E-state index contributed by atoms with van der Waals surface area (Å²) in [7, 11) is 0. The van der Waals surface area contributed by atoms with Crippen molar-refractivity contribution in [1.82, 2.24) is 20.1 Å². The molecule has 26 heavy (non-hydrogen) atoms. The maximum atomic E-state index is 12.6. The molecule has 1 atom stereocenters. The second kappa shape index (κ2) is 7.25. The van der Waals surface area contributed by atoms with Gasteiger partial charge in [0.2, 0.25) is 5.91 Å². The third-order valence-corrected chi connectivity index (χ3v) is 5.27. The van der Waals surface area contributed by atoms with Gasteiger partial charge in [0.1, 0.15) is 0 Å². The van der Waals surface area contributed by atoms with E-state index in [1.807, 2.05) is 48.9 Å². The lowest BCUT2D eigenvalue weighted by Crippen LogP contribution is -2.58. The van der Waals surface area contributed by atoms with Crippen molar-refractivity contribution in [3.8, 4) is 0 Å². The number of nitrogens with zero attached hydrogens (tertiary/aromatic N) is 3. The highest BCUT2D eigenvalue weighted by Crippen LogP contribution is 2.39. The van der Waals surface area contributed by atoms with Crippen LogP contribution in [-0.2, 0) is 11.3 Å². The number of piperidine rings is 2. The molecule has 6 heteroatoms. The Morgan fingerprint density at radius 3 is 2.81 bits per heavy atom. The first-order valence-electron chi connectivity index (χ1n) is 9.50. The standard InChI is InChI=1S/C20H30N4O2/c1-19(2,3)22-18(26)23-11-5-8-20(14-23)9-7-17(25)24(15-20)13-16-6-4-10-21-12-16/h4,6,10,12H,5,7-9,11,13-15H2,1-3H3,(H,22,26). The number of urea groups is 1. The quantitative estimate of drug-likeness (QED) is 0.884. The second-order valence-corrected chi connectivity index (χ2v) is 8.82. The topological polar surface area (TPSA) is 65.5 Å². The Morgan fingerprint density at radius 1 is 1.31 bits per heavy atom. The van der Waals surface area contributed by atoms with Crippen molar-refractivity contribution in [2.24, 2.45) is 5.41 Å². The molecular formula is C20H30N4O2. The number of aromatic nitrogens is 1. The molecule has 3 heterocycles. The van der Waals surface area contributed by atoms with Crippen LogP contribution in [0.2, 0.25) is 0 Å². The minimum absolute atomic E-state index is 0.00674. The molecule has 6 nitrogen and oxygen atoms in total. The molecule has 0 aromatic carbocycles. The zero-order valence-electron chi connectivity index (χ0n) is 16.1. The molecule has 2 fully saturated rings. The van der Waals surface area contributed by atoms with Crippen LogP contribution >= 0.6 is 0 Å². The van der Waals surface area contributed by atoms with Gasteiger partial charge in [-0.05, 0) is 51.7 Å². The number of pyridine rings is 1. The summed E-state index contributed by atoms with van der Waals surface area (Å²) in [5.41, 5.74) is 0.830. The van der Waals surface area contributed by atoms with E-state index >= 15 is 0 Å². The third-order valence-electron chi connectivity index (χ3n) is 5.27. The van der Waals surface area contributed by atoms with Crippen molar-refractivity contribution in [3.63, 3.8) is 0 Å². The fraction of sp³-hybridized carbons (Fsp3) is 0.650. The van der Waals surface area contributed by atoms with E-state index in [0.29, 0.717) is 13.0 Å². The van der Waals surface area contributed by atoms with Crippen LogP contribution in [-0.4, -0.2) is 51.9 Å². The fourth-order valence-electron chi connectivity index (χ4n) is 4.07. The Labute approximate surface area is 156 Å². The fourth-order valence-corrected chi connectivity index (χ4v) is 4.07. The number of hydrogen-bond donors (Lipinski definition) is 1. The van der Waals surface area contributed by atoms with Crippen molar-refractivity contribution in [1.29, 1.82) is 0 Å². The van der Waals surface area contributed by atoms with Crippen LogP contribution in [0.1, 0.15) is 52.0 Å². The normalized spacial score (nSPS) is 24.0. The molecule has 1 unspecified atom stereocenters. The van der Waals surface area contributed by atoms with Crippen LogP contribution in [0.5, 0.6) is 0 Å². The molecular weight excluding hydrogens is 328 g/mol. The highest BCUT2D eigenvalue weighted by atomic mass is 16.2. The van der Waals surface area contributed by atoms with Crippen molar-refractivity contribution >= 4 is 11.9 Å². The van der Waals surface area contributed by atoms with Gasteiger partial charge in [0.15, 0.2) is 0 Å². The zero-order valence-corrected chi connectivity index (χ0v) is 16.1. The highest BCUT2D eigenvalue weighted by Gasteiger charge is 2.43. The molecule has 1 aromatic rings. The van der Waals surface area contributed by atoms with Crippen molar-refractivity contribution in [3.05, 3.63) is 30.1 Å². The van der Waals surface area contributed by atoms with Crippen molar-refractivity contribution < 1.29 is 9.59 Å². The van der Waals surface area contributed by atoms with Gasteiger partial charge in [-0.2, -0.15) is 0 Å². The predicted molar refractivity (Wildman–Crippen MR) is 100 cm³/mol. The number of hydrogen-bond acceptors (Lipinski definition) is 3. The zero-order chi connectivity index (χ0) is 18.8. The molecule has 0 aliphatic carbocycles. The third kappa shape index (κ3) is 4.54. The molecule has 2 aliphatic rings. The Balaban J connectivity index is 1.68. The second-order valence-electron chi connectivity index (χ2n) is 8.82. The summed E-state index contributed by atoms with van der Waals surface area (Å²) >= 11 is 0. The van der Waals surface area contributed by atoms with E-state index in [1.165, 1.54) is 0 Å². The van der Waals surface area contributed by atoms with E-state index in [1.54, 1.807) is 6.20 Å². The molecule has 0 bridgehead atoms. The number of carbonyl (C=O) groups is 2. The van der Waals surface area contributed by atoms with Gasteiger partial charge in [-0.25, -0.2) is 4.79 Å². The molecule has 1 spiro atoms. The molecule has 3 amide bonds. The highest BCUT2D eigenvalue weighted by molar-refractivity contribution is 5.77. The van der Waals surface area contributed by atoms with Crippen LogP contribution in [0.4, 0.5) is 4.79 Å². The van der Waals surface area contributed by atoms with E-state index in [2.05, 4.69) is 10.3 Å². The largest absolute Gasteiger partial charge is 0.338 e. The van der Waals surface area contributed by atoms with Gasteiger partial charge in [-0.1, -0.05) is 6.07 Å². The van der Waals surface area contributed by atoms with Crippen molar-refractivity contribution in [2.45, 2.75) is 58.5 Å². The molecule has 3 rings (SSSR count). The lowest BCUT2D eigenvalue weighted by Gasteiger charge is -2.48. The number of amides is 3. The van der Waals surface area contributed by atoms with Crippen LogP contribution in [0.25, 0.3) is 0 Å². The first kappa shape index (κ1) is 18.7. The Morgan fingerprint density at radius 2 is 2.12 bits per heavy atom. The summed E-state index contributed by atoms with van der Waals surface area (Å²) in [6, 6.07) is 3.91. The van der Waals surface area contributed by atoms with Crippen molar-refractivity contribution in [2.75, 3.05) is 19.6 Å². The minimum Gasteiger partial charge on any atom is -0.338 e. The summed E-state index contributed by atoms with van der Waals surface area (Å²) in [6.07, 6.45) is 7.06. The Hall–Kier alpha value is -2.11. The lowest BCUT2D eigenvalue weighted by atomic mass is 9.73. The van der Waals surface area contributed by atoms with Gasteiger partial charge in [0, 0.05) is 55.9 Å². The number of likely N-dealkylation sites (tertiary alicyclic amines) is 2. The first-order chi connectivity index (χ1) is 12.3. The Bertz CT molecular complexity index is 656. The van der Waals surface area contributed by atoms with Gasteiger partial charge >= 0.3 is 6.03 Å². The van der Waals surface area contributed by atoms with Crippen LogP contribution in [0, 0.1) is 5.41 Å². The van der Waals surface area contributed by atoms with Crippen LogP contribution < -0.4 is 5.32 Å². The maximum Gasteiger partial charge on any atom is 0.317 e. The summed E-state index contributed by atoms with van der Waals surface area (Å²) < 4.78 is 0. The van der Waals surface area contributed by atoms with E-state index in [-0.39, 0.29) is 22.9 Å². The van der Waals surface area contributed by atoms with Gasteiger partial charge < -0.3 is 15.1 Å². The summed E-state index contributed by atoms with van der Waals surface area (Å²) in [4.78, 5) is 33.1. The van der Waals surface area contributed by atoms with E-state index in [0.717, 1.165) is 44.5 Å². The molecule has 0 saturated carbocycles. The van der Waals surface area contributed by atoms with Crippen LogP contribution in [0.15, 0.2) is 24.5 Å². The minimum atomic E-state index is -0.240. The van der Waals surface area contributed by atoms with E-state index in [9.17, 15) is 9.59 Å². The lowest BCUT2D eigenvalue weighted by molar-refractivity contribution is -0.139. The van der Waals surface area contributed by atoms with Gasteiger partial charge in [0.25, 0.3) is 0 Å². The average molecular weight is 358 g/mol. The molecule has 0 radical (unpaired) electrons. The molecule has 1 N–H and O–H groups in total. The number of carbonyl (C=O) groups excluding carboxylic acids is 2. The van der Waals surface area contributed by atoms with Gasteiger partial charge in [-0.15, -0.1) is 0 Å². The average Bonchev–Trinajstić information content (AvgIpc) is 2.58. The smallest absolute Gasteiger partial charge is 0.317 e. The summed E-state index contributed by atoms with van der Waals surface area (Å²) in [6.45, 7) is 8.84. The summed E-state index contributed by atoms with van der Waals surface area (Å²) in [5.74, 6) is 0.204. The molecule has 2 saturated heterocycles. The van der Waals surface area contributed by atoms with Gasteiger partial charge in [-0.3, -0.25) is 9.78 Å². The monoisotopic (exact) mass is 358 g/mol. The summed E-state index contributed by atoms with van der Waals surface area (Å²) in [5, 5.41) is 3.07. The molecule has 142 valence electrons. The predicted octanol–water partition coefficient (Wildman–Crippen LogP) is 2.79.